The average molecular weight is 254 g/mol. The molecule has 0 radical (unpaired) electrons. The molecular weight excluding hydrogens is 228 g/mol. The molecule has 1 aliphatic carbocycles. The molecule has 0 aromatic carbocycles. The largest absolute Gasteiger partial charge is 0.376 e. The van der Waals surface area contributed by atoms with E-state index in [2.05, 4.69) is 11.4 Å². The predicted octanol–water partition coefficient (Wildman–Crippen LogP) is 2.10. The van der Waals surface area contributed by atoms with E-state index in [1.54, 1.807) is 0 Å². The van der Waals surface area contributed by atoms with Crippen molar-refractivity contribution in [3.8, 4) is 6.07 Å². The lowest BCUT2D eigenvalue weighted by Crippen LogP contribution is -2.50. The minimum absolute atomic E-state index is 0.131. The fraction of sp³-hybridized carbons (Fsp3) is 0.929. The second kappa shape index (κ2) is 6.51. The molecule has 0 spiro atoms. The van der Waals surface area contributed by atoms with Gasteiger partial charge in [-0.3, -0.25) is 5.32 Å². The molecule has 0 aromatic rings. The number of likely N-dealkylation sites (N-methyl/N-ethyl adjacent to an activating group) is 1. The van der Waals surface area contributed by atoms with Crippen LogP contribution in [-0.2, 0) is 9.47 Å². The van der Waals surface area contributed by atoms with E-state index < -0.39 is 5.54 Å². The first-order chi connectivity index (χ1) is 8.43. The van der Waals surface area contributed by atoms with Gasteiger partial charge < -0.3 is 9.47 Å². The Kier molecular flexibility index (Phi) is 5.58. The minimum atomic E-state index is -0.490. The molecule has 1 unspecified atom stereocenters. The Hall–Kier alpha value is -0.630. The molecule has 104 valence electrons. The van der Waals surface area contributed by atoms with Crippen LogP contribution in [-0.4, -0.2) is 37.5 Å². The topological polar surface area (TPSA) is 54.3 Å². The lowest BCUT2D eigenvalue weighted by Gasteiger charge is -2.27. The van der Waals surface area contributed by atoms with E-state index in [0.717, 1.165) is 19.4 Å². The molecule has 1 aliphatic rings. The second-order valence-electron chi connectivity index (χ2n) is 5.90. The summed E-state index contributed by atoms with van der Waals surface area (Å²) in [6, 6.07) is 2.41. The molecule has 0 bridgehead atoms. The van der Waals surface area contributed by atoms with E-state index in [4.69, 9.17) is 9.47 Å². The number of ether oxygens (including phenoxy) is 2. The third-order valence-corrected chi connectivity index (χ3v) is 3.06. The van der Waals surface area contributed by atoms with Crippen LogP contribution in [0.3, 0.4) is 0 Å². The van der Waals surface area contributed by atoms with Gasteiger partial charge in [-0.25, -0.2) is 0 Å². The standard InChI is InChI=1S/C14H26N2O2/c1-5-16-14(10-15,12-6-7-12)11-17-8-9-18-13(2,3)4/h12,16H,5-9,11H2,1-4H3. The number of hydrogen-bond donors (Lipinski definition) is 1. The van der Waals surface area contributed by atoms with Gasteiger partial charge in [-0.15, -0.1) is 0 Å². The van der Waals surface area contributed by atoms with Gasteiger partial charge in [0.2, 0.25) is 0 Å². The maximum Gasteiger partial charge on any atom is 0.133 e. The first-order valence-corrected chi connectivity index (χ1v) is 6.81. The van der Waals surface area contributed by atoms with Gasteiger partial charge in [0.1, 0.15) is 5.54 Å². The van der Waals surface area contributed by atoms with Crippen LogP contribution in [0.4, 0.5) is 0 Å². The van der Waals surface area contributed by atoms with Gasteiger partial charge in [0.05, 0.1) is 31.5 Å². The molecule has 4 heteroatoms. The molecule has 0 saturated heterocycles. The molecule has 0 heterocycles. The van der Waals surface area contributed by atoms with E-state index in [1.165, 1.54) is 0 Å². The van der Waals surface area contributed by atoms with Crippen molar-refractivity contribution >= 4 is 0 Å². The highest BCUT2D eigenvalue weighted by Crippen LogP contribution is 2.39. The maximum atomic E-state index is 9.38. The molecule has 1 rings (SSSR count). The zero-order valence-corrected chi connectivity index (χ0v) is 12.1. The van der Waals surface area contributed by atoms with Crippen molar-refractivity contribution in [3.63, 3.8) is 0 Å². The fourth-order valence-corrected chi connectivity index (χ4v) is 2.01. The van der Waals surface area contributed by atoms with Crippen LogP contribution in [0, 0.1) is 17.2 Å². The molecule has 0 aliphatic heterocycles. The third kappa shape index (κ3) is 4.93. The Morgan fingerprint density at radius 2 is 1.94 bits per heavy atom. The predicted molar refractivity (Wildman–Crippen MR) is 71.3 cm³/mol. The summed E-state index contributed by atoms with van der Waals surface area (Å²) in [5.74, 6) is 0.450. The van der Waals surface area contributed by atoms with E-state index in [1.807, 2.05) is 27.7 Å². The molecule has 1 fully saturated rings. The summed E-state index contributed by atoms with van der Waals surface area (Å²) < 4.78 is 11.2. The summed E-state index contributed by atoms with van der Waals surface area (Å²) in [6.07, 6.45) is 2.25. The van der Waals surface area contributed by atoms with Crippen molar-refractivity contribution in [2.75, 3.05) is 26.4 Å². The number of nitrogens with one attached hydrogen (secondary N) is 1. The summed E-state index contributed by atoms with van der Waals surface area (Å²) >= 11 is 0. The highest BCUT2D eigenvalue weighted by Gasteiger charge is 2.45. The van der Waals surface area contributed by atoms with Gasteiger partial charge in [0, 0.05) is 0 Å². The van der Waals surface area contributed by atoms with Crippen LogP contribution in [0.5, 0.6) is 0 Å². The highest BCUT2D eigenvalue weighted by atomic mass is 16.5. The summed E-state index contributed by atoms with van der Waals surface area (Å²) in [6.45, 7) is 10.5. The molecule has 1 atom stereocenters. The summed E-state index contributed by atoms with van der Waals surface area (Å²) in [5, 5.41) is 12.7. The second-order valence-corrected chi connectivity index (χ2v) is 5.90. The molecule has 18 heavy (non-hydrogen) atoms. The third-order valence-electron chi connectivity index (χ3n) is 3.06. The van der Waals surface area contributed by atoms with Crippen LogP contribution in [0.1, 0.15) is 40.5 Å². The van der Waals surface area contributed by atoms with Gasteiger partial charge in [-0.05, 0) is 46.1 Å². The lowest BCUT2D eigenvalue weighted by molar-refractivity contribution is -0.0412. The number of hydrogen-bond acceptors (Lipinski definition) is 4. The van der Waals surface area contributed by atoms with E-state index in [-0.39, 0.29) is 5.60 Å². The van der Waals surface area contributed by atoms with Crippen LogP contribution in [0.15, 0.2) is 0 Å². The zero-order chi connectivity index (χ0) is 13.6. The molecule has 4 nitrogen and oxygen atoms in total. The normalized spacial score (nSPS) is 19.3. The smallest absolute Gasteiger partial charge is 0.133 e. The number of rotatable bonds is 8. The first-order valence-electron chi connectivity index (χ1n) is 6.81. The Labute approximate surface area is 111 Å². The van der Waals surface area contributed by atoms with Gasteiger partial charge >= 0.3 is 0 Å². The van der Waals surface area contributed by atoms with Crippen LogP contribution in [0.2, 0.25) is 0 Å². The van der Waals surface area contributed by atoms with Crippen LogP contribution in [0.25, 0.3) is 0 Å². The molecule has 1 N–H and O–H groups in total. The lowest BCUT2D eigenvalue weighted by atomic mass is 9.96. The molecule has 1 saturated carbocycles. The number of nitriles is 1. The summed E-state index contributed by atoms with van der Waals surface area (Å²) in [4.78, 5) is 0. The molecule has 0 amide bonds. The Morgan fingerprint density at radius 1 is 1.28 bits per heavy atom. The maximum absolute atomic E-state index is 9.38. The Balaban J connectivity index is 2.28. The number of nitrogens with zero attached hydrogens (tertiary/aromatic N) is 1. The monoisotopic (exact) mass is 254 g/mol. The fourth-order valence-electron chi connectivity index (χ4n) is 2.01. The van der Waals surface area contributed by atoms with Crippen LogP contribution >= 0.6 is 0 Å². The molecule has 0 aromatic heterocycles. The van der Waals surface area contributed by atoms with Crippen LogP contribution < -0.4 is 5.32 Å². The van der Waals surface area contributed by atoms with Crippen molar-refractivity contribution in [2.45, 2.75) is 51.7 Å². The Bertz CT molecular complexity index is 289. The summed E-state index contributed by atoms with van der Waals surface area (Å²) in [7, 11) is 0. The first kappa shape index (κ1) is 15.4. The van der Waals surface area contributed by atoms with E-state index >= 15 is 0 Å². The van der Waals surface area contributed by atoms with E-state index in [0.29, 0.717) is 25.7 Å². The van der Waals surface area contributed by atoms with Gasteiger partial charge in [0.15, 0.2) is 0 Å². The van der Waals surface area contributed by atoms with Gasteiger partial charge in [0.25, 0.3) is 0 Å². The van der Waals surface area contributed by atoms with Crippen molar-refractivity contribution in [3.05, 3.63) is 0 Å². The highest BCUT2D eigenvalue weighted by molar-refractivity contribution is 5.15. The summed E-state index contributed by atoms with van der Waals surface area (Å²) in [5.41, 5.74) is -0.621. The van der Waals surface area contributed by atoms with Crippen molar-refractivity contribution in [2.24, 2.45) is 5.92 Å². The van der Waals surface area contributed by atoms with Crippen molar-refractivity contribution in [1.29, 1.82) is 5.26 Å². The Morgan fingerprint density at radius 3 is 2.39 bits per heavy atom. The van der Waals surface area contributed by atoms with Gasteiger partial charge in [-0.1, -0.05) is 6.92 Å². The van der Waals surface area contributed by atoms with Gasteiger partial charge in [-0.2, -0.15) is 5.26 Å². The minimum Gasteiger partial charge on any atom is -0.376 e. The average Bonchev–Trinajstić information content (AvgIpc) is 3.09. The zero-order valence-electron chi connectivity index (χ0n) is 12.1. The quantitative estimate of drug-likeness (QED) is 0.674. The van der Waals surface area contributed by atoms with Crippen molar-refractivity contribution in [1.82, 2.24) is 5.32 Å². The van der Waals surface area contributed by atoms with E-state index in [9.17, 15) is 5.26 Å². The molecular formula is C14H26N2O2. The SMILES string of the molecule is CCNC(C#N)(COCCOC(C)(C)C)C1CC1. The van der Waals surface area contributed by atoms with Crippen molar-refractivity contribution < 1.29 is 9.47 Å².